The minimum absolute atomic E-state index is 0.167. The number of hydrogen-bond acceptors (Lipinski definition) is 5. The summed E-state index contributed by atoms with van der Waals surface area (Å²) in [5.41, 5.74) is 0. The van der Waals surface area contributed by atoms with Gasteiger partial charge in [-0.3, -0.25) is 4.79 Å². The summed E-state index contributed by atoms with van der Waals surface area (Å²) in [6, 6.07) is -0.592. The number of hydrogen-bond donors (Lipinski definition) is 2. The number of rotatable bonds is 7. The number of aliphatic hydroxyl groups excluding tert-OH is 1. The van der Waals surface area contributed by atoms with Gasteiger partial charge in [-0.25, -0.2) is 0 Å². The molecule has 0 saturated carbocycles. The van der Waals surface area contributed by atoms with Crippen molar-refractivity contribution in [3.8, 4) is 0 Å². The van der Waals surface area contributed by atoms with Crippen LogP contribution < -0.4 is 5.32 Å². The van der Waals surface area contributed by atoms with Crippen LogP contribution in [0.15, 0.2) is 0 Å². The standard InChI is InChI=1S/C13H24ClNO5/c1-8-9(7-18-2)20-13(19-3)11(12(8)17)15-10(16)5-4-6-14/h8-9,11-13,17H,4-7H2,1-3H3,(H,15,16). The van der Waals surface area contributed by atoms with Crippen LogP contribution in [0.5, 0.6) is 0 Å². The highest BCUT2D eigenvalue weighted by molar-refractivity contribution is 6.17. The van der Waals surface area contributed by atoms with Crippen LogP contribution in [0.25, 0.3) is 0 Å². The van der Waals surface area contributed by atoms with Crippen LogP contribution in [0.3, 0.4) is 0 Å². The molecule has 0 aliphatic carbocycles. The predicted molar refractivity (Wildman–Crippen MR) is 74.6 cm³/mol. The van der Waals surface area contributed by atoms with Gasteiger partial charge in [-0.1, -0.05) is 6.92 Å². The van der Waals surface area contributed by atoms with E-state index < -0.39 is 18.4 Å². The zero-order valence-corrected chi connectivity index (χ0v) is 12.9. The Morgan fingerprint density at radius 3 is 2.70 bits per heavy atom. The first kappa shape index (κ1) is 17.7. The summed E-state index contributed by atoms with van der Waals surface area (Å²) >= 11 is 5.56. The summed E-state index contributed by atoms with van der Waals surface area (Å²) in [7, 11) is 3.06. The normalized spacial score (nSPS) is 34.0. The molecule has 2 N–H and O–H groups in total. The van der Waals surface area contributed by atoms with Crippen molar-refractivity contribution in [3.05, 3.63) is 0 Å². The fraction of sp³-hybridized carbons (Fsp3) is 0.923. The molecule has 5 atom stereocenters. The zero-order chi connectivity index (χ0) is 15.1. The number of methoxy groups -OCH3 is 2. The number of ether oxygens (including phenoxy) is 3. The number of aliphatic hydroxyl groups is 1. The highest BCUT2D eigenvalue weighted by Crippen LogP contribution is 2.26. The minimum atomic E-state index is -0.756. The van der Waals surface area contributed by atoms with Crippen molar-refractivity contribution in [1.82, 2.24) is 5.32 Å². The lowest BCUT2D eigenvalue weighted by atomic mass is 9.89. The molecule has 0 bridgehead atoms. The van der Waals surface area contributed by atoms with Crippen LogP contribution in [0.1, 0.15) is 19.8 Å². The Morgan fingerprint density at radius 1 is 1.45 bits per heavy atom. The number of halogens is 1. The zero-order valence-electron chi connectivity index (χ0n) is 12.2. The molecule has 7 heteroatoms. The van der Waals surface area contributed by atoms with E-state index in [1.54, 1.807) is 7.11 Å². The van der Waals surface area contributed by atoms with Gasteiger partial charge in [0.05, 0.1) is 18.8 Å². The fourth-order valence-corrected chi connectivity index (χ4v) is 2.42. The van der Waals surface area contributed by atoms with E-state index in [2.05, 4.69) is 5.32 Å². The van der Waals surface area contributed by atoms with Gasteiger partial charge in [0.15, 0.2) is 6.29 Å². The van der Waals surface area contributed by atoms with Crippen molar-refractivity contribution in [2.75, 3.05) is 26.7 Å². The second kappa shape index (κ2) is 8.79. The molecule has 1 aliphatic rings. The van der Waals surface area contributed by atoms with Gasteiger partial charge in [0.1, 0.15) is 6.04 Å². The van der Waals surface area contributed by atoms with Crippen molar-refractivity contribution >= 4 is 17.5 Å². The molecule has 1 saturated heterocycles. The average Bonchev–Trinajstić information content (AvgIpc) is 2.44. The van der Waals surface area contributed by atoms with Gasteiger partial charge in [-0.15, -0.1) is 11.6 Å². The van der Waals surface area contributed by atoms with E-state index in [4.69, 9.17) is 25.8 Å². The van der Waals surface area contributed by atoms with Crippen molar-refractivity contribution in [1.29, 1.82) is 0 Å². The van der Waals surface area contributed by atoms with Crippen molar-refractivity contribution in [3.63, 3.8) is 0 Å². The number of carbonyl (C=O) groups excluding carboxylic acids is 1. The van der Waals surface area contributed by atoms with E-state index in [9.17, 15) is 9.90 Å². The molecule has 6 nitrogen and oxygen atoms in total. The molecular formula is C13H24ClNO5. The van der Waals surface area contributed by atoms with Crippen LogP contribution in [-0.4, -0.2) is 62.3 Å². The molecule has 1 aliphatic heterocycles. The van der Waals surface area contributed by atoms with Crippen LogP contribution in [0.4, 0.5) is 0 Å². The Labute approximate surface area is 124 Å². The molecule has 0 aromatic carbocycles. The van der Waals surface area contributed by atoms with E-state index >= 15 is 0 Å². The van der Waals surface area contributed by atoms with E-state index in [1.165, 1.54) is 7.11 Å². The Kier molecular flexibility index (Phi) is 7.76. The highest BCUT2D eigenvalue weighted by atomic mass is 35.5. The first-order chi connectivity index (χ1) is 9.54. The van der Waals surface area contributed by atoms with Gasteiger partial charge in [0.25, 0.3) is 0 Å². The fourth-order valence-electron chi connectivity index (χ4n) is 2.29. The maximum absolute atomic E-state index is 11.8. The van der Waals surface area contributed by atoms with Gasteiger partial charge < -0.3 is 24.6 Å². The number of nitrogens with one attached hydrogen (secondary N) is 1. The van der Waals surface area contributed by atoms with E-state index in [1.807, 2.05) is 6.92 Å². The topological polar surface area (TPSA) is 77.0 Å². The monoisotopic (exact) mass is 309 g/mol. The third-order valence-corrected chi connectivity index (χ3v) is 3.79. The van der Waals surface area contributed by atoms with Crippen molar-refractivity contribution < 1.29 is 24.1 Å². The second-order valence-electron chi connectivity index (χ2n) is 4.97. The van der Waals surface area contributed by atoms with Crippen LogP contribution in [-0.2, 0) is 19.0 Å². The minimum Gasteiger partial charge on any atom is -0.390 e. The lowest BCUT2D eigenvalue weighted by Crippen LogP contribution is -2.61. The molecule has 5 unspecified atom stereocenters. The molecule has 1 amide bonds. The van der Waals surface area contributed by atoms with Crippen LogP contribution >= 0.6 is 11.6 Å². The van der Waals surface area contributed by atoms with E-state index in [0.717, 1.165) is 0 Å². The molecule has 1 rings (SSSR count). The maximum Gasteiger partial charge on any atom is 0.220 e. The summed E-state index contributed by atoms with van der Waals surface area (Å²) in [5.74, 6) is 0.0920. The summed E-state index contributed by atoms with van der Waals surface area (Å²) < 4.78 is 16.0. The summed E-state index contributed by atoms with van der Waals surface area (Å²) in [6.07, 6.45) is -0.804. The average molecular weight is 310 g/mol. The molecular weight excluding hydrogens is 286 g/mol. The number of alkyl halides is 1. The molecule has 20 heavy (non-hydrogen) atoms. The van der Waals surface area contributed by atoms with E-state index in [0.29, 0.717) is 25.3 Å². The lowest BCUT2D eigenvalue weighted by molar-refractivity contribution is -0.247. The first-order valence-electron chi connectivity index (χ1n) is 6.75. The quantitative estimate of drug-likeness (QED) is 0.670. The summed E-state index contributed by atoms with van der Waals surface area (Å²) in [6.45, 7) is 2.23. The number of amides is 1. The Bertz CT molecular complexity index is 302. The maximum atomic E-state index is 11.8. The Balaban J connectivity index is 2.66. The molecule has 1 heterocycles. The Morgan fingerprint density at radius 2 is 2.15 bits per heavy atom. The second-order valence-corrected chi connectivity index (χ2v) is 5.35. The third kappa shape index (κ3) is 4.56. The van der Waals surface area contributed by atoms with Crippen LogP contribution in [0, 0.1) is 5.92 Å². The lowest BCUT2D eigenvalue weighted by Gasteiger charge is -2.43. The van der Waals surface area contributed by atoms with Crippen LogP contribution in [0.2, 0.25) is 0 Å². The highest BCUT2D eigenvalue weighted by Gasteiger charge is 2.43. The number of carbonyl (C=O) groups is 1. The van der Waals surface area contributed by atoms with Crippen molar-refractivity contribution in [2.45, 2.75) is 44.3 Å². The van der Waals surface area contributed by atoms with Gasteiger partial charge in [0, 0.05) is 32.4 Å². The van der Waals surface area contributed by atoms with E-state index in [-0.39, 0.29) is 17.9 Å². The first-order valence-corrected chi connectivity index (χ1v) is 7.29. The predicted octanol–water partition coefficient (Wildman–Crippen LogP) is 0.505. The van der Waals surface area contributed by atoms with Gasteiger partial charge in [0.2, 0.25) is 5.91 Å². The largest absolute Gasteiger partial charge is 0.390 e. The molecule has 1 fully saturated rings. The summed E-state index contributed by atoms with van der Waals surface area (Å²) in [4.78, 5) is 11.8. The smallest absolute Gasteiger partial charge is 0.220 e. The molecule has 0 spiro atoms. The molecule has 118 valence electrons. The SMILES string of the molecule is COCC1OC(OC)C(NC(=O)CCCCl)C(O)C1C. The molecule has 0 aromatic heterocycles. The van der Waals surface area contributed by atoms with Gasteiger partial charge >= 0.3 is 0 Å². The molecule has 0 aromatic rings. The molecule has 0 radical (unpaired) electrons. The summed E-state index contributed by atoms with van der Waals surface area (Å²) in [5, 5.41) is 13.1. The Hall–Kier alpha value is -0.400. The van der Waals surface area contributed by atoms with Gasteiger partial charge in [-0.05, 0) is 6.42 Å². The van der Waals surface area contributed by atoms with Crippen molar-refractivity contribution in [2.24, 2.45) is 5.92 Å². The third-order valence-electron chi connectivity index (χ3n) is 3.52. The van der Waals surface area contributed by atoms with Gasteiger partial charge in [-0.2, -0.15) is 0 Å².